The van der Waals surface area contributed by atoms with E-state index in [1.165, 1.54) is 16.7 Å². The first kappa shape index (κ1) is 22.1. The summed E-state index contributed by atoms with van der Waals surface area (Å²) in [5, 5.41) is 11.2. The van der Waals surface area contributed by atoms with Crippen LogP contribution in [-0.2, 0) is 17.9 Å². The summed E-state index contributed by atoms with van der Waals surface area (Å²) in [5.41, 5.74) is 0.819. The number of fused-ring (bicyclic) bond motifs is 1. The minimum absolute atomic E-state index is 0.0539. The number of ether oxygens (including phenoxy) is 1. The monoisotopic (exact) mass is 455 g/mol. The van der Waals surface area contributed by atoms with Gasteiger partial charge in [0.15, 0.2) is 10.6 Å². The maximum absolute atomic E-state index is 13.6. The van der Waals surface area contributed by atoms with E-state index >= 15 is 0 Å². The molecular formula is C23H25N3O5S. The number of carbonyl (C=O) groups is 1. The predicted octanol–water partition coefficient (Wildman–Crippen LogP) is 4.49. The van der Waals surface area contributed by atoms with Gasteiger partial charge in [-0.1, -0.05) is 26.0 Å². The smallest absolute Gasteiger partial charge is 0.269 e. The van der Waals surface area contributed by atoms with Crippen LogP contribution in [-0.4, -0.2) is 19.8 Å². The van der Waals surface area contributed by atoms with Crippen LogP contribution in [0.15, 0.2) is 40.4 Å². The molecule has 9 heteroatoms. The molecule has 0 bridgehead atoms. The van der Waals surface area contributed by atoms with Crippen LogP contribution in [0.3, 0.4) is 0 Å². The zero-order chi connectivity index (χ0) is 23.4. The number of aromatic nitrogens is 2. The largest absolute Gasteiger partial charge is 0.444 e. The topological polar surface area (TPSA) is 96.4 Å². The van der Waals surface area contributed by atoms with Gasteiger partial charge in [-0.05, 0) is 37.0 Å². The van der Waals surface area contributed by atoms with Crippen LogP contribution in [0, 0.1) is 20.3 Å². The first-order valence-corrected chi connectivity index (χ1v) is 11.1. The summed E-state index contributed by atoms with van der Waals surface area (Å²) in [6, 6.07) is 6.03. The molecule has 0 saturated heterocycles. The number of hydrogen-bond donors (Lipinski definition) is 0. The minimum atomic E-state index is -0.670. The summed E-state index contributed by atoms with van der Waals surface area (Å²) in [6.45, 7) is 8.66. The second kappa shape index (κ2) is 7.81. The van der Waals surface area contributed by atoms with E-state index in [-0.39, 0.29) is 22.4 Å². The average molecular weight is 456 g/mol. The lowest BCUT2D eigenvalue weighted by Gasteiger charge is -2.38. The molecule has 0 amide bonds. The minimum Gasteiger partial charge on any atom is -0.444 e. The summed E-state index contributed by atoms with van der Waals surface area (Å²) in [7, 11) is 0. The van der Waals surface area contributed by atoms with Gasteiger partial charge in [-0.25, -0.2) is 0 Å². The number of ketones is 1. The molecule has 0 N–H and O–H groups in total. The van der Waals surface area contributed by atoms with E-state index in [2.05, 4.69) is 0 Å². The number of non-ortho nitro benzene ring substituents is 1. The van der Waals surface area contributed by atoms with Gasteiger partial charge in [-0.15, -0.1) is 0 Å². The van der Waals surface area contributed by atoms with Crippen molar-refractivity contribution in [3.63, 3.8) is 0 Å². The van der Waals surface area contributed by atoms with Gasteiger partial charge in [0.1, 0.15) is 5.76 Å². The third-order valence-electron chi connectivity index (χ3n) is 6.16. The normalized spacial score (nSPS) is 19.2. The number of rotatable bonds is 4. The molecule has 0 fully saturated rings. The number of nitro groups is 1. The Labute approximate surface area is 190 Å². The third kappa shape index (κ3) is 3.40. The Balaban J connectivity index is 2.06. The Kier molecular flexibility index (Phi) is 5.40. The van der Waals surface area contributed by atoms with E-state index in [4.69, 9.17) is 17.0 Å². The Morgan fingerprint density at radius 3 is 2.31 bits per heavy atom. The highest BCUT2D eigenvalue weighted by Gasteiger charge is 2.44. The molecule has 0 radical (unpaired) electrons. The molecule has 1 aliphatic heterocycles. The van der Waals surface area contributed by atoms with E-state index < -0.39 is 10.8 Å². The summed E-state index contributed by atoms with van der Waals surface area (Å²) in [6.07, 6.45) is 0.882. The van der Waals surface area contributed by atoms with Crippen molar-refractivity contribution in [1.29, 1.82) is 0 Å². The Bertz CT molecular complexity index is 1280. The molecule has 168 valence electrons. The highest BCUT2D eigenvalue weighted by molar-refractivity contribution is 7.71. The standard InChI is InChI=1S/C23H25N3O5S/c1-5-24-20(28)19-17(13-7-9-14(10-8-13)26(29)30)18-15(27)11-23(3,4)12-16(18)31-21(19)25(6-2)22(24)32/h7-10,17H,5-6,11-12H2,1-4H3. The van der Waals surface area contributed by atoms with Gasteiger partial charge in [-0.3, -0.25) is 28.8 Å². The van der Waals surface area contributed by atoms with Crippen molar-refractivity contribution in [3.05, 3.63) is 72.0 Å². The van der Waals surface area contributed by atoms with Crippen molar-refractivity contribution in [1.82, 2.24) is 9.13 Å². The molecule has 2 heterocycles. The maximum Gasteiger partial charge on any atom is 0.269 e. The molecule has 8 nitrogen and oxygen atoms in total. The van der Waals surface area contributed by atoms with E-state index in [0.29, 0.717) is 59.0 Å². The second-order valence-electron chi connectivity index (χ2n) is 8.96. The molecule has 1 unspecified atom stereocenters. The lowest BCUT2D eigenvalue weighted by Crippen LogP contribution is -2.39. The Hall–Kier alpha value is -3.07. The number of benzene rings is 1. The molecule has 1 aliphatic carbocycles. The number of carbonyl (C=O) groups excluding carboxylic acids is 1. The van der Waals surface area contributed by atoms with Gasteiger partial charge in [0, 0.05) is 43.6 Å². The van der Waals surface area contributed by atoms with Crippen LogP contribution in [0.5, 0.6) is 5.88 Å². The Morgan fingerprint density at radius 1 is 1.12 bits per heavy atom. The fourth-order valence-electron chi connectivity index (χ4n) is 4.69. The number of nitrogens with zero attached hydrogens (tertiary/aromatic N) is 3. The van der Waals surface area contributed by atoms with Crippen molar-refractivity contribution in [3.8, 4) is 5.88 Å². The van der Waals surface area contributed by atoms with Crippen LogP contribution in [0.25, 0.3) is 0 Å². The van der Waals surface area contributed by atoms with Crippen molar-refractivity contribution in [2.24, 2.45) is 5.41 Å². The fraction of sp³-hybridized carbons (Fsp3) is 0.435. The van der Waals surface area contributed by atoms with Crippen molar-refractivity contribution in [2.45, 2.75) is 59.5 Å². The molecule has 1 atom stereocenters. The van der Waals surface area contributed by atoms with Crippen molar-refractivity contribution in [2.75, 3.05) is 0 Å². The fourth-order valence-corrected chi connectivity index (χ4v) is 5.11. The van der Waals surface area contributed by atoms with Crippen molar-refractivity contribution >= 4 is 23.7 Å². The number of hydrogen-bond acceptors (Lipinski definition) is 6. The van der Waals surface area contributed by atoms with Crippen LogP contribution in [0.2, 0.25) is 0 Å². The molecule has 1 aromatic heterocycles. The highest BCUT2D eigenvalue weighted by atomic mass is 32.1. The summed E-state index contributed by atoms with van der Waals surface area (Å²) in [4.78, 5) is 37.6. The summed E-state index contributed by atoms with van der Waals surface area (Å²) in [5.74, 6) is 0.169. The predicted molar refractivity (Wildman–Crippen MR) is 121 cm³/mol. The summed E-state index contributed by atoms with van der Waals surface area (Å²) < 4.78 is 9.92. The number of Topliss-reactive ketones (excluding diaryl/α,β-unsaturated/α-hetero) is 1. The first-order chi connectivity index (χ1) is 15.1. The molecule has 2 aliphatic rings. The number of allylic oxidation sites excluding steroid dienone is 2. The zero-order valence-electron chi connectivity index (χ0n) is 18.5. The molecule has 32 heavy (non-hydrogen) atoms. The van der Waals surface area contributed by atoms with Crippen LogP contribution >= 0.6 is 12.2 Å². The molecular weight excluding hydrogens is 430 g/mol. The lowest BCUT2D eigenvalue weighted by atomic mass is 9.70. The quantitative estimate of drug-likeness (QED) is 0.383. The van der Waals surface area contributed by atoms with Crippen molar-refractivity contribution < 1.29 is 14.5 Å². The van der Waals surface area contributed by atoms with E-state index in [1.807, 2.05) is 27.7 Å². The molecule has 1 aromatic carbocycles. The Morgan fingerprint density at radius 2 is 1.75 bits per heavy atom. The molecule has 4 rings (SSSR count). The SMILES string of the molecule is CCn1c2c(c(=O)n(CC)c1=S)C(c1ccc([N+](=O)[O-])cc1)C1=C(CC(C)(C)CC1=O)O2. The number of nitro benzene ring substituents is 1. The van der Waals surface area contributed by atoms with Gasteiger partial charge in [0.05, 0.1) is 16.4 Å². The second-order valence-corrected chi connectivity index (χ2v) is 9.32. The molecule has 0 saturated carbocycles. The average Bonchev–Trinajstić information content (AvgIpc) is 2.72. The van der Waals surface area contributed by atoms with Gasteiger partial charge < -0.3 is 4.74 Å². The molecule has 2 aromatic rings. The van der Waals surface area contributed by atoms with E-state index in [1.54, 1.807) is 16.7 Å². The van der Waals surface area contributed by atoms with Gasteiger partial charge in [-0.2, -0.15) is 0 Å². The van der Waals surface area contributed by atoms with E-state index in [0.717, 1.165) is 0 Å². The molecule has 0 spiro atoms. The first-order valence-electron chi connectivity index (χ1n) is 10.7. The van der Waals surface area contributed by atoms with E-state index in [9.17, 15) is 19.7 Å². The van der Waals surface area contributed by atoms with Crippen LogP contribution in [0.4, 0.5) is 5.69 Å². The lowest BCUT2D eigenvalue weighted by molar-refractivity contribution is -0.384. The third-order valence-corrected chi connectivity index (χ3v) is 6.60. The van der Waals surface area contributed by atoms with Gasteiger partial charge in [0.2, 0.25) is 5.88 Å². The zero-order valence-corrected chi connectivity index (χ0v) is 19.3. The van der Waals surface area contributed by atoms with Gasteiger partial charge in [0.25, 0.3) is 11.2 Å². The highest BCUT2D eigenvalue weighted by Crippen LogP contribution is 2.49. The summed E-state index contributed by atoms with van der Waals surface area (Å²) >= 11 is 5.57. The van der Waals surface area contributed by atoms with Crippen LogP contribution < -0.4 is 10.3 Å². The maximum atomic E-state index is 13.6. The van der Waals surface area contributed by atoms with Gasteiger partial charge >= 0.3 is 0 Å². The van der Waals surface area contributed by atoms with Crippen LogP contribution in [0.1, 0.15) is 57.6 Å².